The molecular weight excluding hydrogens is 745 g/mol. The summed E-state index contributed by atoms with van der Waals surface area (Å²) in [6.45, 7) is 6.60. The SMILES string of the molecule is CCCCC/C=C\C/C=C\CCCCCCCCCC(=O)OC[C@@H](COC(=O)CCCCCCCCCCCC)OC(=O)CCCCCCC/C=C\CCCCCCCC. The van der Waals surface area contributed by atoms with Crippen molar-refractivity contribution < 1.29 is 28.6 Å². The zero-order valence-electron chi connectivity index (χ0n) is 40.0. The summed E-state index contributed by atoms with van der Waals surface area (Å²) in [5.74, 6) is -0.884. The van der Waals surface area contributed by atoms with E-state index in [1.165, 1.54) is 154 Å². The van der Waals surface area contributed by atoms with Crippen LogP contribution in [0.15, 0.2) is 36.5 Å². The highest BCUT2D eigenvalue weighted by Gasteiger charge is 2.19. The van der Waals surface area contributed by atoms with Crippen molar-refractivity contribution in [2.24, 2.45) is 0 Å². The van der Waals surface area contributed by atoms with Crippen LogP contribution in [-0.4, -0.2) is 37.2 Å². The Morgan fingerprint density at radius 3 is 0.967 bits per heavy atom. The molecule has 60 heavy (non-hydrogen) atoms. The molecule has 350 valence electrons. The second-order valence-corrected chi connectivity index (χ2v) is 17.4. The van der Waals surface area contributed by atoms with Gasteiger partial charge in [-0.2, -0.15) is 0 Å². The molecule has 0 spiro atoms. The summed E-state index contributed by atoms with van der Waals surface area (Å²) in [7, 11) is 0. The number of hydrogen-bond donors (Lipinski definition) is 0. The molecule has 6 heteroatoms. The summed E-state index contributed by atoms with van der Waals surface area (Å²) >= 11 is 0. The molecule has 0 aliphatic carbocycles. The van der Waals surface area contributed by atoms with Crippen LogP contribution in [0.4, 0.5) is 0 Å². The minimum Gasteiger partial charge on any atom is -0.462 e. The van der Waals surface area contributed by atoms with E-state index >= 15 is 0 Å². The summed E-state index contributed by atoms with van der Waals surface area (Å²) in [5, 5.41) is 0. The van der Waals surface area contributed by atoms with Crippen LogP contribution in [0, 0.1) is 0 Å². The van der Waals surface area contributed by atoms with E-state index in [2.05, 4.69) is 57.2 Å². The first kappa shape index (κ1) is 57.6. The van der Waals surface area contributed by atoms with Crippen molar-refractivity contribution in [3.05, 3.63) is 36.5 Å². The van der Waals surface area contributed by atoms with Gasteiger partial charge in [0.2, 0.25) is 0 Å². The molecule has 0 aromatic heterocycles. The molecule has 0 saturated heterocycles. The zero-order valence-corrected chi connectivity index (χ0v) is 40.0. The molecule has 0 aliphatic heterocycles. The number of unbranched alkanes of at least 4 members (excludes halogenated alkanes) is 30. The fourth-order valence-electron chi connectivity index (χ4n) is 7.41. The summed E-state index contributed by atoms with van der Waals surface area (Å²) in [6.07, 6.45) is 56.9. The highest BCUT2D eigenvalue weighted by molar-refractivity contribution is 5.71. The number of hydrogen-bond acceptors (Lipinski definition) is 6. The minimum atomic E-state index is -0.775. The fraction of sp³-hybridized carbons (Fsp3) is 0.833. The van der Waals surface area contributed by atoms with Crippen molar-refractivity contribution in [3.8, 4) is 0 Å². The van der Waals surface area contributed by atoms with Gasteiger partial charge in [0.05, 0.1) is 0 Å². The summed E-state index contributed by atoms with van der Waals surface area (Å²) in [6, 6.07) is 0. The molecular formula is C54H98O6. The van der Waals surface area contributed by atoms with Crippen LogP contribution in [0.1, 0.15) is 271 Å². The molecule has 0 rings (SSSR count). The second-order valence-electron chi connectivity index (χ2n) is 17.4. The maximum atomic E-state index is 12.8. The Kier molecular flexibility index (Phi) is 47.3. The van der Waals surface area contributed by atoms with Crippen molar-refractivity contribution in [2.75, 3.05) is 13.2 Å². The summed E-state index contributed by atoms with van der Waals surface area (Å²) < 4.78 is 16.8. The lowest BCUT2D eigenvalue weighted by atomic mass is 10.1. The van der Waals surface area contributed by atoms with Gasteiger partial charge in [-0.05, 0) is 77.0 Å². The molecule has 0 amide bonds. The van der Waals surface area contributed by atoms with Crippen LogP contribution in [-0.2, 0) is 28.6 Å². The maximum absolute atomic E-state index is 12.8. The quantitative estimate of drug-likeness (QED) is 0.0263. The van der Waals surface area contributed by atoms with E-state index in [0.717, 1.165) is 77.0 Å². The average molecular weight is 843 g/mol. The van der Waals surface area contributed by atoms with E-state index in [9.17, 15) is 14.4 Å². The topological polar surface area (TPSA) is 78.9 Å². The smallest absolute Gasteiger partial charge is 0.306 e. The first-order chi connectivity index (χ1) is 29.5. The van der Waals surface area contributed by atoms with E-state index in [4.69, 9.17) is 14.2 Å². The van der Waals surface area contributed by atoms with Gasteiger partial charge in [0.1, 0.15) is 13.2 Å². The van der Waals surface area contributed by atoms with Crippen LogP contribution in [0.3, 0.4) is 0 Å². The molecule has 0 aliphatic rings. The van der Waals surface area contributed by atoms with Gasteiger partial charge in [-0.15, -0.1) is 0 Å². The third-order valence-corrected chi connectivity index (χ3v) is 11.4. The normalized spacial score (nSPS) is 12.2. The number of carbonyl (C=O) groups is 3. The molecule has 0 saturated carbocycles. The number of carbonyl (C=O) groups excluding carboxylic acids is 3. The van der Waals surface area contributed by atoms with Crippen molar-refractivity contribution in [1.82, 2.24) is 0 Å². The lowest BCUT2D eigenvalue weighted by molar-refractivity contribution is -0.167. The van der Waals surface area contributed by atoms with Crippen LogP contribution in [0.25, 0.3) is 0 Å². The van der Waals surface area contributed by atoms with Gasteiger partial charge in [0.15, 0.2) is 6.10 Å². The van der Waals surface area contributed by atoms with Crippen LogP contribution < -0.4 is 0 Å². The van der Waals surface area contributed by atoms with Crippen LogP contribution in [0.5, 0.6) is 0 Å². The molecule has 1 atom stereocenters. The highest BCUT2D eigenvalue weighted by atomic mass is 16.6. The van der Waals surface area contributed by atoms with E-state index in [1.807, 2.05) is 0 Å². The largest absolute Gasteiger partial charge is 0.462 e. The van der Waals surface area contributed by atoms with Crippen LogP contribution >= 0.6 is 0 Å². The zero-order chi connectivity index (χ0) is 43.7. The summed E-state index contributed by atoms with van der Waals surface area (Å²) in [5.41, 5.74) is 0. The number of ether oxygens (including phenoxy) is 3. The fourth-order valence-corrected chi connectivity index (χ4v) is 7.41. The minimum absolute atomic E-state index is 0.0754. The molecule has 0 radical (unpaired) electrons. The van der Waals surface area contributed by atoms with Crippen molar-refractivity contribution >= 4 is 17.9 Å². The first-order valence-electron chi connectivity index (χ1n) is 26.0. The Labute approximate surface area is 372 Å². The maximum Gasteiger partial charge on any atom is 0.306 e. The molecule has 0 unspecified atom stereocenters. The predicted molar refractivity (Wildman–Crippen MR) is 256 cm³/mol. The lowest BCUT2D eigenvalue weighted by Crippen LogP contribution is -2.30. The lowest BCUT2D eigenvalue weighted by Gasteiger charge is -2.18. The van der Waals surface area contributed by atoms with Crippen molar-refractivity contribution in [2.45, 2.75) is 277 Å². The van der Waals surface area contributed by atoms with Crippen LogP contribution in [0.2, 0.25) is 0 Å². The van der Waals surface area contributed by atoms with Crippen molar-refractivity contribution in [1.29, 1.82) is 0 Å². The molecule has 6 nitrogen and oxygen atoms in total. The van der Waals surface area contributed by atoms with E-state index in [1.54, 1.807) is 0 Å². The predicted octanol–water partition coefficient (Wildman–Crippen LogP) is 16.9. The Bertz CT molecular complexity index is 1020. The average Bonchev–Trinajstić information content (AvgIpc) is 3.24. The highest BCUT2D eigenvalue weighted by Crippen LogP contribution is 2.15. The molecule has 0 aromatic rings. The number of esters is 3. The monoisotopic (exact) mass is 843 g/mol. The Morgan fingerprint density at radius 1 is 0.333 bits per heavy atom. The van der Waals surface area contributed by atoms with Gasteiger partial charge in [0.25, 0.3) is 0 Å². The standard InChI is InChI=1S/C54H98O6/c1-4-7-10-13-16-19-22-24-26-27-29-30-32-35-38-41-44-47-53(56)59-50-51(49-58-52(55)46-43-40-37-34-21-18-15-12-9-6-3)60-54(57)48-45-42-39-36-33-31-28-25-23-20-17-14-11-8-5-2/h16,19,24-26,28,51H,4-15,17-18,20-23,27,29-50H2,1-3H3/b19-16-,26-24-,28-25-/t51-/m1/s1. The number of rotatable bonds is 47. The van der Waals surface area contributed by atoms with Crippen molar-refractivity contribution in [3.63, 3.8) is 0 Å². The summed E-state index contributed by atoms with van der Waals surface area (Å²) in [4.78, 5) is 37.9. The van der Waals surface area contributed by atoms with Gasteiger partial charge in [0, 0.05) is 19.3 Å². The molecule has 0 heterocycles. The molecule has 0 N–H and O–H groups in total. The molecule has 0 bridgehead atoms. The Hall–Kier alpha value is -2.37. The third kappa shape index (κ3) is 46.7. The van der Waals surface area contributed by atoms with Gasteiger partial charge in [-0.25, -0.2) is 0 Å². The molecule has 0 fully saturated rings. The van der Waals surface area contributed by atoms with Gasteiger partial charge in [-0.3, -0.25) is 14.4 Å². The van der Waals surface area contributed by atoms with E-state index in [-0.39, 0.29) is 31.1 Å². The van der Waals surface area contributed by atoms with E-state index < -0.39 is 6.10 Å². The Balaban J connectivity index is 4.34. The van der Waals surface area contributed by atoms with Gasteiger partial charge >= 0.3 is 17.9 Å². The second kappa shape index (κ2) is 49.3. The van der Waals surface area contributed by atoms with E-state index in [0.29, 0.717) is 19.3 Å². The number of allylic oxidation sites excluding steroid dienone is 6. The molecule has 0 aromatic carbocycles. The van der Waals surface area contributed by atoms with Gasteiger partial charge < -0.3 is 14.2 Å². The van der Waals surface area contributed by atoms with Gasteiger partial charge in [-0.1, -0.05) is 211 Å². The first-order valence-corrected chi connectivity index (χ1v) is 26.0. The third-order valence-electron chi connectivity index (χ3n) is 11.4. The Morgan fingerprint density at radius 2 is 0.600 bits per heavy atom.